The number of carbonyl (C=O) groups excluding carboxylic acids is 1. The molecule has 0 aliphatic heterocycles. The summed E-state index contributed by atoms with van der Waals surface area (Å²) in [4.78, 5) is 23.6. The molecule has 1 atom stereocenters. The van der Waals surface area contributed by atoms with E-state index in [1.165, 1.54) is 11.8 Å². The summed E-state index contributed by atoms with van der Waals surface area (Å²) in [6, 6.07) is 6.26. The Balaban J connectivity index is 2.32. The molecule has 2 amide bonds. The summed E-state index contributed by atoms with van der Waals surface area (Å²) in [5.41, 5.74) is 1.15. The zero-order chi connectivity index (χ0) is 15.1. The Labute approximate surface area is 118 Å². The SMILES string of the molecule is Cc1ccc(OCCN(C)C(=O)NC(C)C(=O)O)cc1. The predicted octanol–water partition coefficient (Wildman–Crippen LogP) is 1.49. The molecule has 110 valence electrons. The van der Waals surface area contributed by atoms with E-state index in [2.05, 4.69) is 5.32 Å². The first-order valence-corrected chi connectivity index (χ1v) is 6.34. The molecule has 0 saturated heterocycles. The van der Waals surface area contributed by atoms with Gasteiger partial charge in [-0.25, -0.2) is 4.79 Å². The van der Waals surface area contributed by atoms with Crippen LogP contribution in [0.15, 0.2) is 24.3 Å². The van der Waals surface area contributed by atoms with Crippen molar-refractivity contribution in [1.82, 2.24) is 10.2 Å². The van der Waals surface area contributed by atoms with Crippen molar-refractivity contribution in [2.24, 2.45) is 0 Å². The Kier molecular flexibility index (Phi) is 5.83. The van der Waals surface area contributed by atoms with Gasteiger partial charge >= 0.3 is 12.0 Å². The van der Waals surface area contributed by atoms with Crippen LogP contribution < -0.4 is 10.1 Å². The topological polar surface area (TPSA) is 78.9 Å². The van der Waals surface area contributed by atoms with E-state index in [0.717, 1.165) is 11.3 Å². The van der Waals surface area contributed by atoms with Crippen LogP contribution in [0.3, 0.4) is 0 Å². The van der Waals surface area contributed by atoms with Gasteiger partial charge in [0.25, 0.3) is 0 Å². The normalized spacial score (nSPS) is 11.6. The van der Waals surface area contributed by atoms with E-state index in [9.17, 15) is 9.59 Å². The fraction of sp³-hybridized carbons (Fsp3) is 0.429. The average molecular weight is 280 g/mol. The monoisotopic (exact) mass is 280 g/mol. The van der Waals surface area contributed by atoms with E-state index in [1.807, 2.05) is 31.2 Å². The molecule has 0 fully saturated rings. The highest BCUT2D eigenvalue weighted by molar-refractivity contribution is 5.82. The molecule has 0 aromatic heterocycles. The number of ether oxygens (including phenoxy) is 1. The van der Waals surface area contributed by atoms with Crippen molar-refractivity contribution in [3.05, 3.63) is 29.8 Å². The zero-order valence-electron chi connectivity index (χ0n) is 11.9. The van der Waals surface area contributed by atoms with Gasteiger partial charge in [0.15, 0.2) is 0 Å². The van der Waals surface area contributed by atoms with Gasteiger partial charge in [0, 0.05) is 7.05 Å². The van der Waals surface area contributed by atoms with Gasteiger partial charge in [0.2, 0.25) is 0 Å². The van der Waals surface area contributed by atoms with Crippen molar-refractivity contribution in [3.8, 4) is 5.75 Å². The molecule has 1 aromatic rings. The van der Waals surface area contributed by atoms with Gasteiger partial charge < -0.3 is 20.1 Å². The zero-order valence-corrected chi connectivity index (χ0v) is 11.9. The van der Waals surface area contributed by atoms with Crippen LogP contribution in [0.25, 0.3) is 0 Å². The third-order valence-electron chi connectivity index (χ3n) is 2.77. The lowest BCUT2D eigenvalue weighted by Gasteiger charge is -2.19. The van der Waals surface area contributed by atoms with Gasteiger partial charge in [-0.15, -0.1) is 0 Å². The molecule has 0 heterocycles. The fourth-order valence-corrected chi connectivity index (χ4v) is 1.39. The number of aryl methyl sites for hydroxylation is 1. The number of nitrogens with one attached hydrogen (secondary N) is 1. The number of urea groups is 1. The van der Waals surface area contributed by atoms with Crippen LogP contribution in [-0.2, 0) is 4.79 Å². The first-order valence-electron chi connectivity index (χ1n) is 6.34. The Morgan fingerprint density at radius 2 is 1.95 bits per heavy atom. The summed E-state index contributed by atoms with van der Waals surface area (Å²) in [7, 11) is 1.59. The predicted molar refractivity (Wildman–Crippen MR) is 74.9 cm³/mol. The van der Waals surface area contributed by atoms with E-state index >= 15 is 0 Å². The maximum absolute atomic E-state index is 11.6. The van der Waals surface area contributed by atoms with Crippen LogP contribution in [0, 0.1) is 6.92 Å². The second-order valence-corrected chi connectivity index (χ2v) is 4.59. The summed E-state index contributed by atoms with van der Waals surface area (Å²) >= 11 is 0. The number of rotatable bonds is 6. The van der Waals surface area contributed by atoms with E-state index in [4.69, 9.17) is 9.84 Å². The molecule has 6 heteroatoms. The maximum atomic E-state index is 11.6. The number of hydrogen-bond acceptors (Lipinski definition) is 3. The van der Waals surface area contributed by atoms with Gasteiger partial charge in [0.05, 0.1) is 6.54 Å². The lowest BCUT2D eigenvalue weighted by molar-refractivity contribution is -0.138. The molecule has 1 aromatic carbocycles. The number of likely N-dealkylation sites (N-methyl/N-ethyl adjacent to an activating group) is 1. The maximum Gasteiger partial charge on any atom is 0.325 e. The second-order valence-electron chi connectivity index (χ2n) is 4.59. The van der Waals surface area contributed by atoms with E-state index < -0.39 is 18.0 Å². The minimum absolute atomic E-state index is 0.342. The first kappa shape index (κ1) is 15.8. The standard InChI is InChI=1S/C14H20N2O4/c1-10-4-6-12(7-5-10)20-9-8-16(3)14(19)15-11(2)13(17)18/h4-7,11H,8-9H2,1-3H3,(H,15,19)(H,17,18). The number of amides is 2. The van der Waals surface area contributed by atoms with Crippen LogP contribution in [0.4, 0.5) is 4.79 Å². The van der Waals surface area contributed by atoms with E-state index in [0.29, 0.717) is 13.2 Å². The fourth-order valence-electron chi connectivity index (χ4n) is 1.39. The molecular weight excluding hydrogens is 260 g/mol. The van der Waals surface area contributed by atoms with Crippen molar-refractivity contribution in [1.29, 1.82) is 0 Å². The summed E-state index contributed by atoms with van der Waals surface area (Å²) in [5.74, 6) is -0.328. The van der Waals surface area contributed by atoms with Crippen LogP contribution in [0.5, 0.6) is 5.75 Å². The van der Waals surface area contributed by atoms with Crippen molar-refractivity contribution < 1.29 is 19.4 Å². The Hall–Kier alpha value is -2.24. The number of carboxylic acid groups (broad SMARTS) is 1. The van der Waals surface area contributed by atoms with Gasteiger partial charge in [-0.2, -0.15) is 0 Å². The molecular formula is C14H20N2O4. The molecule has 2 N–H and O–H groups in total. The first-order chi connectivity index (χ1) is 9.40. The molecule has 0 radical (unpaired) electrons. The lowest BCUT2D eigenvalue weighted by Crippen LogP contribution is -2.46. The average Bonchev–Trinajstić information content (AvgIpc) is 2.40. The molecule has 1 unspecified atom stereocenters. The van der Waals surface area contributed by atoms with Crippen LogP contribution >= 0.6 is 0 Å². The number of nitrogens with zero attached hydrogens (tertiary/aromatic N) is 1. The van der Waals surface area contributed by atoms with Gasteiger partial charge in [-0.3, -0.25) is 4.79 Å². The van der Waals surface area contributed by atoms with Gasteiger partial charge in [0.1, 0.15) is 18.4 Å². The van der Waals surface area contributed by atoms with E-state index in [-0.39, 0.29) is 0 Å². The highest BCUT2D eigenvalue weighted by Crippen LogP contribution is 2.11. The number of aliphatic carboxylic acids is 1. The summed E-state index contributed by atoms with van der Waals surface area (Å²) in [6.07, 6.45) is 0. The summed E-state index contributed by atoms with van der Waals surface area (Å²) < 4.78 is 5.50. The lowest BCUT2D eigenvalue weighted by atomic mass is 10.2. The van der Waals surface area contributed by atoms with E-state index in [1.54, 1.807) is 7.05 Å². The summed E-state index contributed by atoms with van der Waals surface area (Å²) in [5, 5.41) is 11.1. The largest absolute Gasteiger partial charge is 0.492 e. The smallest absolute Gasteiger partial charge is 0.325 e. The highest BCUT2D eigenvalue weighted by atomic mass is 16.5. The molecule has 0 bridgehead atoms. The molecule has 20 heavy (non-hydrogen) atoms. The van der Waals surface area contributed by atoms with Gasteiger partial charge in [-0.1, -0.05) is 17.7 Å². The number of carbonyl (C=O) groups is 2. The molecule has 0 aliphatic rings. The summed E-state index contributed by atoms with van der Waals surface area (Å²) in [6.45, 7) is 4.11. The van der Waals surface area contributed by atoms with Crippen molar-refractivity contribution in [2.75, 3.05) is 20.2 Å². The minimum atomic E-state index is -1.07. The minimum Gasteiger partial charge on any atom is -0.492 e. The van der Waals surface area contributed by atoms with Crippen molar-refractivity contribution in [2.45, 2.75) is 19.9 Å². The van der Waals surface area contributed by atoms with Gasteiger partial charge in [-0.05, 0) is 26.0 Å². The van der Waals surface area contributed by atoms with Crippen LogP contribution in [-0.4, -0.2) is 48.2 Å². The molecule has 0 saturated carbocycles. The quantitative estimate of drug-likeness (QED) is 0.827. The second kappa shape index (κ2) is 7.37. The van der Waals surface area contributed by atoms with Crippen LogP contribution in [0.2, 0.25) is 0 Å². The number of carboxylic acids is 1. The number of hydrogen-bond donors (Lipinski definition) is 2. The van der Waals surface area contributed by atoms with Crippen molar-refractivity contribution in [3.63, 3.8) is 0 Å². The molecule has 6 nitrogen and oxygen atoms in total. The third kappa shape index (κ3) is 5.17. The number of benzene rings is 1. The molecule has 0 aliphatic carbocycles. The van der Waals surface area contributed by atoms with Crippen LogP contribution in [0.1, 0.15) is 12.5 Å². The Morgan fingerprint density at radius 1 is 1.35 bits per heavy atom. The Morgan fingerprint density at radius 3 is 2.50 bits per heavy atom. The third-order valence-corrected chi connectivity index (χ3v) is 2.77. The van der Waals surface area contributed by atoms with Crippen molar-refractivity contribution >= 4 is 12.0 Å². The molecule has 1 rings (SSSR count). The Bertz CT molecular complexity index is 459. The highest BCUT2D eigenvalue weighted by Gasteiger charge is 2.16. The molecule has 0 spiro atoms.